The molecule has 0 spiro atoms. The van der Waals surface area contributed by atoms with E-state index in [0.29, 0.717) is 0 Å². The summed E-state index contributed by atoms with van der Waals surface area (Å²) in [4.78, 5) is 9.97. The summed E-state index contributed by atoms with van der Waals surface area (Å²) < 4.78 is 5.23. The van der Waals surface area contributed by atoms with Gasteiger partial charge in [-0.05, 0) is 118 Å². The van der Waals surface area contributed by atoms with Gasteiger partial charge in [0, 0.05) is 82.4 Å². The average Bonchev–Trinajstić information content (AvgIpc) is 3.98. The molecule has 6 heteroatoms. The Balaban J connectivity index is 1.11. The zero-order chi connectivity index (χ0) is 44.5. The van der Waals surface area contributed by atoms with E-state index in [1.165, 1.54) is 126 Å². The molecule has 68 heavy (non-hydrogen) atoms. The van der Waals surface area contributed by atoms with Gasteiger partial charge >= 0.3 is 0 Å². The van der Waals surface area contributed by atoms with E-state index in [9.17, 15) is 0 Å². The predicted molar refractivity (Wildman–Crippen MR) is 296 cm³/mol. The maximum atomic E-state index is 2.50. The minimum absolute atomic E-state index is 1.14. The number of anilines is 6. The van der Waals surface area contributed by atoms with Crippen LogP contribution in [0.3, 0.4) is 0 Å². The molecule has 0 fully saturated rings. The van der Waals surface area contributed by atoms with E-state index in [1.54, 1.807) is 0 Å². The third kappa shape index (κ3) is 5.72. The highest BCUT2D eigenvalue weighted by molar-refractivity contribution is 8.00. The van der Waals surface area contributed by atoms with E-state index in [0.717, 1.165) is 11.4 Å². The molecule has 0 saturated heterocycles. The van der Waals surface area contributed by atoms with E-state index >= 15 is 0 Å². The maximum Gasteiger partial charge on any atom is 0.0601 e. The highest BCUT2D eigenvalue weighted by Crippen LogP contribution is 2.57. The fourth-order valence-electron chi connectivity index (χ4n) is 10.9. The van der Waals surface area contributed by atoms with Crippen molar-refractivity contribution < 1.29 is 0 Å². The van der Waals surface area contributed by atoms with E-state index in [4.69, 9.17) is 0 Å². The molecule has 0 amide bonds. The first-order valence-electron chi connectivity index (χ1n) is 22.9. The number of para-hydroxylation sites is 4. The van der Waals surface area contributed by atoms with Gasteiger partial charge in [0.15, 0.2) is 0 Å². The van der Waals surface area contributed by atoms with Crippen molar-refractivity contribution in [2.75, 3.05) is 9.80 Å². The lowest BCUT2D eigenvalue weighted by Gasteiger charge is -2.34. The minimum atomic E-state index is 1.14. The predicted octanol–water partition coefficient (Wildman–Crippen LogP) is 19.9. The average molecular weight is 937 g/mol. The SMILES string of the molecule is c1ccc2c(c1)Sc1ccccc1N2c1ccc2c(-c3cccc4c3sc3ccccc34)c3cc(N4c5ccccc5Sc5ccccc54)ccc3c(-c3cccc4c3sc3ccccc34)c2c1. The second kappa shape index (κ2) is 15.1. The maximum absolute atomic E-state index is 2.50. The van der Waals surface area contributed by atoms with Gasteiger partial charge in [-0.2, -0.15) is 0 Å². The number of thiophene rings is 2. The first-order chi connectivity index (χ1) is 33.7. The number of benzene rings is 11. The summed E-state index contributed by atoms with van der Waals surface area (Å²) >= 11 is 7.52. The molecule has 0 aliphatic carbocycles. The number of fused-ring (bicyclic) bond motifs is 12. The lowest BCUT2D eigenvalue weighted by atomic mass is 9.84. The third-order valence-electron chi connectivity index (χ3n) is 13.8. The van der Waals surface area contributed by atoms with Gasteiger partial charge in [-0.15, -0.1) is 22.7 Å². The summed E-state index contributed by atoms with van der Waals surface area (Å²) in [6, 6.07) is 81.7. The topological polar surface area (TPSA) is 6.48 Å². The summed E-state index contributed by atoms with van der Waals surface area (Å²) in [7, 11) is 0. The Kier molecular flexibility index (Phi) is 8.60. The van der Waals surface area contributed by atoms with Crippen molar-refractivity contribution in [2.45, 2.75) is 19.6 Å². The van der Waals surface area contributed by atoms with Crippen LogP contribution in [-0.4, -0.2) is 0 Å². The molecule has 2 aliphatic heterocycles. The van der Waals surface area contributed by atoms with Gasteiger partial charge in [-0.1, -0.05) is 157 Å². The van der Waals surface area contributed by atoms with E-state index in [-0.39, 0.29) is 0 Å². The summed E-state index contributed by atoms with van der Waals surface area (Å²) in [5, 5.41) is 10.1. The molecule has 2 aliphatic rings. The Bertz CT molecular complexity index is 3890. The van der Waals surface area contributed by atoms with Gasteiger partial charge in [-0.3, -0.25) is 0 Å². The molecule has 2 aromatic heterocycles. The van der Waals surface area contributed by atoms with Gasteiger partial charge in [0.05, 0.1) is 22.7 Å². The van der Waals surface area contributed by atoms with Crippen LogP contribution >= 0.6 is 46.2 Å². The molecule has 15 rings (SSSR count). The number of hydrogen-bond donors (Lipinski definition) is 0. The lowest BCUT2D eigenvalue weighted by Crippen LogP contribution is -2.15. The smallest absolute Gasteiger partial charge is 0.0601 e. The van der Waals surface area contributed by atoms with Gasteiger partial charge in [0.1, 0.15) is 0 Å². The van der Waals surface area contributed by atoms with Crippen molar-refractivity contribution in [3.8, 4) is 22.3 Å². The first-order valence-corrected chi connectivity index (χ1v) is 26.2. The second-order valence-corrected chi connectivity index (χ2v) is 21.8. The standard InChI is InChI=1S/C62H36N2S4/c1-7-25-53-39(15-1)43-17-13-19-45(61(43)67-53)59-41-33-31-38(64-51-23-5-11-29-57(51)66-58-30-12-6-24-52(58)64)36-48(41)60(46-20-14-18-44-40-16-2-8-26-54(40)68-62(44)46)42-34-32-37(35-47(42)59)63-49-21-3-9-27-55(49)65-56-28-10-4-22-50(56)63/h1-36H. The summed E-state index contributed by atoms with van der Waals surface area (Å²) in [6.07, 6.45) is 0. The number of rotatable bonds is 4. The van der Waals surface area contributed by atoms with Crippen LogP contribution in [0.15, 0.2) is 238 Å². The van der Waals surface area contributed by atoms with Gasteiger partial charge in [0.2, 0.25) is 0 Å². The van der Waals surface area contributed by atoms with Crippen molar-refractivity contribution in [2.24, 2.45) is 0 Å². The van der Waals surface area contributed by atoms with Crippen LogP contribution in [-0.2, 0) is 0 Å². The van der Waals surface area contributed by atoms with Crippen LogP contribution in [0.25, 0.3) is 84.1 Å². The second-order valence-electron chi connectivity index (χ2n) is 17.5. The number of hydrogen-bond acceptors (Lipinski definition) is 6. The van der Waals surface area contributed by atoms with Crippen molar-refractivity contribution in [3.63, 3.8) is 0 Å². The Morgan fingerprint density at radius 1 is 0.265 bits per heavy atom. The zero-order valence-electron chi connectivity index (χ0n) is 36.3. The van der Waals surface area contributed by atoms with Gasteiger partial charge in [0.25, 0.3) is 0 Å². The first kappa shape index (κ1) is 38.8. The highest BCUT2D eigenvalue weighted by Gasteiger charge is 2.29. The molecule has 0 unspecified atom stereocenters. The fraction of sp³-hybridized carbons (Fsp3) is 0. The molecular formula is C62H36N2S4. The van der Waals surface area contributed by atoms with E-state index < -0.39 is 0 Å². The molecule has 4 heterocycles. The third-order valence-corrected chi connectivity index (χ3v) is 18.5. The largest absolute Gasteiger partial charge is 0.308 e. The lowest BCUT2D eigenvalue weighted by molar-refractivity contribution is 1.17. The van der Waals surface area contributed by atoms with Crippen LogP contribution in [0.4, 0.5) is 34.1 Å². The van der Waals surface area contributed by atoms with Crippen LogP contribution in [0.2, 0.25) is 0 Å². The Hall–Kier alpha value is -7.32. The Morgan fingerprint density at radius 2 is 0.618 bits per heavy atom. The monoisotopic (exact) mass is 936 g/mol. The van der Waals surface area contributed by atoms with Crippen LogP contribution < -0.4 is 9.80 Å². The zero-order valence-corrected chi connectivity index (χ0v) is 39.6. The molecule has 0 radical (unpaired) electrons. The molecule has 2 nitrogen and oxygen atoms in total. The molecule has 0 saturated carbocycles. The van der Waals surface area contributed by atoms with Crippen LogP contribution in [0.1, 0.15) is 0 Å². The Labute approximate surface area is 409 Å². The molecule has 0 atom stereocenters. The summed E-state index contributed by atoms with van der Waals surface area (Å²) in [5.74, 6) is 0. The van der Waals surface area contributed by atoms with Crippen LogP contribution in [0.5, 0.6) is 0 Å². The molecule has 318 valence electrons. The van der Waals surface area contributed by atoms with Crippen molar-refractivity contribution in [1.29, 1.82) is 0 Å². The molecule has 0 bridgehead atoms. The Morgan fingerprint density at radius 3 is 1.03 bits per heavy atom. The van der Waals surface area contributed by atoms with Crippen LogP contribution in [0, 0.1) is 0 Å². The highest BCUT2D eigenvalue weighted by atomic mass is 32.2. The van der Waals surface area contributed by atoms with E-state index in [2.05, 4.69) is 228 Å². The number of nitrogens with zero attached hydrogens (tertiary/aromatic N) is 2. The van der Waals surface area contributed by atoms with Crippen molar-refractivity contribution in [1.82, 2.24) is 0 Å². The summed E-state index contributed by atoms with van der Waals surface area (Å²) in [5.41, 5.74) is 12.1. The van der Waals surface area contributed by atoms with Gasteiger partial charge < -0.3 is 9.80 Å². The molecule has 11 aromatic carbocycles. The van der Waals surface area contributed by atoms with E-state index in [1.807, 2.05) is 46.2 Å². The fourth-order valence-corrected chi connectivity index (χ4v) is 15.5. The normalized spacial score (nSPS) is 13.1. The van der Waals surface area contributed by atoms with Crippen molar-refractivity contribution in [3.05, 3.63) is 218 Å². The van der Waals surface area contributed by atoms with Crippen molar-refractivity contribution >= 4 is 142 Å². The molecule has 0 N–H and O–H groups in total. The minimum Gasteiger partial charge on any atom is -0.308 e. The quantitative estimate of drug-likeness (QED) is 0.162. The molecule has 13 aromatic rings. The molecular weight excluding hydrogens is 901 g/mol. The van der Waals surface area contributed by atoms with Gasteiger partial charge in [-0.25, -0.2) is 0 Å². The summed E-state index contributed by atoms with van der Waals surface area (Å²) in [6.45, 7) is 0.